The normalized spacial score (nSPS) is 11.2. The highest BCUT2D eigenvalue weighted by molar-refractivity contribution is 7.98. The Bertz CT molecular complexity index is 1330. The molecule has 0 fully saturated rings. The third-order valence-corrected chi connectivity index (χ3v) is 5.57. The van der Waals surface area contributed by atoms with Crippen LogP contribution in [0.25, 0.3) is 27.6 Å². The maximum Gasteiger partial charge on any atom is 0.175 e. The molecule has 0 N–H and O–H groups in total. The lowest BCUT2D eigenvalue weighted by Crippen LogP contribution is -1.97. The Kier molecular flexibility index (Phi) is 3.77. The highest BCUT2D eigenvalue weighted by Gasteiger charge is 2.14. The third-order valence-electron chi connectivity index (χ3n) is 4.56. The second-order valence-electron chi connectivity index (χ2n) is 6.27. The van der Waals surface area contributed by atoms with E-state index >= 15 is 0 Å². The van der Waals surface area contributed by atoms with Gasteiger partial charge in [-0.3, -0.25) is 4.40 Å². The minimum absolute atomic E-state index is 0.676. The Morgan fingerprint density at radius 1 is 0.852 bits per heavy atom. The molecular formula is C22H14N4S. The molecule has 0 unspecified atom stereocenters. The number of nitrogens with zero attached hydrogens (tertiary/aromatic N) is 4. The summed E-state index contributed by atoms with van der Waals surface area (Å²) in [6.07, 6.45) is 0. The molecule has 0 amide bonds. The molecule has 5 heteroatoms. The van der Waals surface area contributed by atoms with Crippen LogP contribution in [0.5, 0.6) is 0 Å². The van der Waals surface area contributed by atoms with Crippen LogP contribution in [0.3, 0.4) is 0 Å². The molecule has 0 aliphatic heterocycles. The van der Waals surface area contributed by atoms with Gasteiger partial charge >= 0.3 is 0 Å². The van der Waals surface area contributed by atoms with E-state index < -0.39 is 0 Å². The fourth-order valence-corrected chi connectivity index (χ4v) is 4.20. The van der Waals surface area contributed by atoms with Gasteiger partial charge in [0.05, 0.1) is 28.2 Å². The molecule has 0 spiro atoms. The topological polar surface area (TPSA) is 54.0 Å². The summed E-state index contributed by atoms with van der Waals surface area (Å²) in [5, 5.41) is 10.9. The van der Waals surface area contributed by atoms with Crippen molar-refractivity contribution in [3.05, 3.63) is 83.9 Å². The summed E-state index contributed by atoms with van der Waals surface area (Å²) in [7, 11) is 0. The van der Waals surface area contributed by atoms with E-state index in [1.807, 2.05) is 60.7 Å². The number of aromatic nitrogens is 3. The second-order valence-corrected chi connectivity index (χ2v) is 7.21. The van der Waals surface area contributed by atoms with Crippen molar-refractivity contribution in [3.8, 4) is 6.07 Å². The number of rotatable bonds is 3. The van der Waals surface area contributed by atoms with E-state index in [0.717, 1.165) is 44.1 Å². The predicted octanol–water partition coefficient (Wildman–Crippen LogP) is 5.20. The van der Waals surface area contributed by atoms with Crippen LogP contribution in [0.2, 0.25) is 0 Å². The molecule has 27 heavy (non-hydrogen) atoms. The number of fused-ring (bicyclic) bond motifs is 5. The van der Waals surface area contributed by atoms with Gasteiger partial charge in [-0.15, -0.1) is 0 Å². The van der Waals surface area contributed by atoms with Crippen LogP contribution in [-0.4, -0.2) is 14.4 Å². The molecule has 0 saturated heterocycles. The van der Waals surface area contributed by atoms with Crippen molar-refractivity contribution in [1.29, 1.82) is 5.26 Å². The van der Waals surface area contributed by atoms with Gasteiger partial charge in [-0.1, -0.05) is 48.2 Å². The van der Waals surface area contributed by atoms with E-state index in [9.17, 15) is 0 Å². The van der Waals surface area contributed by atoms with E-state index in [0.29, 0.717) is 5.56 Å². The van der Waals surface area contributed by atoms with Crippen LogP contribution in [0.1, 0.15) is 11.1 Å². The molecule has 3 aromatic carbocycles. The number of hydrogen-bond acceptors (Lipinski definition) is 4. The fraction of sp³-hybridized carbons (Fsp3) is 0.0455. The summed E-state index contributed by atoms with van der Waals surface area (Å²) in [6.45, 7) is 0. The molecule has 2 aromatic heterocycles. The van der Waals surface area contributed by atoms with Gasteiger partial charge in [0.15, 0.2) is 5.16 Å². The molecular weight excluding hydrogens is 352 g/mol. The fourth-order valence-electron chi connectivity index (χ4n) is 3.23. The largest absolute Gasteiger partial charge is 0.271 e. The lowest BCUT2D eigenvalue weighted by molar-refractivity contribution is 0.952. The SMILES string of the molecule is N#Cc1ccc(CSc2nc3ccccc3c3nc4ccccc4n23)cc1. The van der Waals surface area contributed by atoms with Crippen LogP contribution in [0.15, 0.2) is 78.0 Å². The van der Waals surface area contributed by atoms with Crippen LogP contribution in [0, 0.1) is 11.3 Å². The predicted molar refractivity (Wildman–Crippen MR) is 109 cm³/mol. The lowest BCUT2D eigenvalue weighted by atomic mass is 10.2. The molecule has 2 heterocycles. The summed E-state index contributed by atoms with van der Waals surface area (Å²) >= 11 is 1.68. The molecule has 4 nitrogen and oxygen atoms in total. The van der Waals surface area contributed by atoms with Gasteiger partial charge in [0, 0.05) is 11.1 Å². The third kappa shape index (κ3) is 2.71. The highest BCUT2D eigenvalue weighted by Crippen LogP contribution is 2.30. The van der Waals surface area contributed by atoms with Gasteiger partial charge in [-0.2, -0.15) is 5.26 Å². The summed E-state index contributed by atoms with van der Waals surface area (Å²) in [5.41, 5.74) is 5.75. The maximum absolute atomic E-state index is 8.96. The van der Waals surface area contributed by atoms with Crippen molar-refractivity contribution < 1.29 is 0 Å². The molecule has 128 valence electrons. The Labute approximate surface area is 160 Å². The Morgan fingerprint density at radius 3 is 2.41 bits per heavy atom. The quantitative estimate of drug-likeness (QED) is 0.325. The van der Waals surface area contributed by atoms with Crippen LogP contribution in [0.4, 0.5) is 0 Å². The van der Waals surface area contributed by atoms with Crippen LogP contribution >= 0.6 is 11.8 Å². The molecule has 0 aliphatic carbocycles. The van der Waals surface area contributed by atoms with E-state index in [2.05, 4.69) is 22.6 Å². The van der Waals surface area contributed by atoms with Crippen molar-refractivity contribution in [1.82, 2.24) is 14.4 Å². The molecule has 0 bridgehead atoms. The minimum Gasteiger partial charge on any atom is -0.271 e. The van der Waals surface area contributed by atoms with Crippen molar-refractivity contribution in [2.45, 2.75) is 10.9 Å². The Hall–Kier alpha value is -3.36. The average Bonchev–Trinajstić information content (AvgIpc) is 3.12. The molecule has 5 aromatic rings. The van der Waals surface area contributed by atoms with Crippen molar-refractivity contribution >= 4 is 39.3 Å². The van der Waals surface area contributed by atoms with E-state index in [-0.39, 0.29) is 0 Å². The van der Waals surface area contributed by atoms with E-state index in [1.165, 1.54) is 0 Å². The number of imidazole rings is 1. The van der Waals surface area contributed by atoms with Crippen molar-refractivity contribution in [2.24, 2.45) is 0 Å². The molecule has 0 atom stereocenters. The minimum atomic E-state index is 0.676. The smallest absolute Gasteiger partial charge is 0.175 e. The summed E-state index contributed by atoms with van der Waals surface area (Å²) < 4.78 is 2.14. The van der Waals surface area contributed by atoms with E-state index in [4.69, 9.17) is 15.2 Å². The van der Waals surface area contributed by atoms with Crippen molar-refractivity contribution in [2.75, 3.05) is 0 Å². The first-order valence-corrected chi connectivity index (χ1v) is 9.60. The molecule has 5 rings (SSSR count). The maximum atomic E-state index is 8.96. The molecule has 0 radical (unpaired) electrons. The molecule has 0 saturated carbocycles. The first-order valence-electron chi connectivity index (χ1n) is 8.61. The van der Waals surface area contributed by atoms with Gasteiger partial charge in [0.2, 0.25) is 0 Å². The zero-order chi connectivity index (χ0) is 18.2. The number of benzene rings is 3. The second kappa shape index (κ2) is 6.42. The summed E-state index contributed by atoms with van der Waals surface area (Å²) in [4.78, 5) is 9.76. The average molecular weight is 366 g/mol. The van der Waals surface area contributed by atoms with Gasteiger partial charge in [0.1, 0.15) is 5.65 Å². The standard InChI is InChI=1S/C22H14N4S/c23-13-15-9-11-16(12-10-15)14-27-22-25-18-6-2-1-5-17(18)21-24-19-7-3-4-8-20(19)26(21)22/h1-12H,14H2. The zero-order valence-electron chi connectivity index (χ0n) is 14.3. The van der Waals surface area contributed by atoms with Gasteiger partial charge in [-0.25, -0.2) is 9.97 Å². The Balaban J connectivity index is 1.66. The van der Waals surface area contributed by atoms with E-state index in [1.54, 1.807) is 11.8 Å². The Morgan fingerprint density at radius 2 is 1.59 bits per heavy atom. The van der Waals surface area contributed by atoms with Gasteiger partial charge in [-0.05, 0) is 42.0 Å². The summed E-state index contributed by atoms with van der Waals surface area (Å²) in [6, 6.07) is 26.1. The van der Waals surface area contributed by atoms with Crippen molar-refractivity contribution in [3.63, 3.8) is 0 Å². The number of para-hydroxylation sites is 3. The lowest BCUT2D eigenvalue weighted by Gasteiger charge is -2.08. The van der Waals surface area contributed by atoms with Crippen LogP contribution in [-0.2, 0) is 5.75 Å². The first kappa shape index (κ1) is 15.9. The molecule has 0 aliphatic rings. The van der Waals surface area contributed by atoms with Gasteiger partial charge in [0.25, 0.3) is 0 Å². The first-order chi connectivity index (χ1) is 13.3. The zero-order valence-corrected chi connectivity index (χ0v) is 15.1. The highest BCUT2D eigenvalue weighted by atomic mass is 32.2. The summed E-state index contributed by atoms with van der Waals surface area (Å²) in [5.74, 6) is 0.776. The number of thioether (sulfide) groups is 1. The number of nitriles is 1. The number of hydrogen-bond donors (Lipinski definition) is 0. The van der Waals surface area contributed by atoms with Crippen LogP contribution < -0.4 is 0 Å². The monoisotopic (exact) mass is 366 g/mol. The van der Waals surface area contributed by atoms with Gasteiger partial charge < -0.3 is 0 Å².